The van der Waals surface area contributed by atoms with Crippen molar-refractivity contribution in [2.24, 2.45) is 5.92 Å². The quantitative estimate of drug-likeness (QED) is 0.880. The molecule has 1 amide bonds. The van der Waals surface area contributed by atoms with Gasteiger partial charge in [-0.15, -0.1) is 0 Å². The number of hydrogen-bond donors (Lipinski definition) is 1. The summed E-state index contributed by atoms with van der Waals surface area (Å²) in [5.41, 5.74) is 2.31. The second-order valence-electron chi connectivity index (χ2n) is 6.14. The highest BCUT2D eigenvalue weighted by atomic mass is 16.2. The molecule has 122 valence electrons. The summed E-state index contributed by atoms with van der Waals surface area (Å²) in [4.78, 5) is 14.5. The van der Waals surface area contributed by atoms with Gasteiger partial charge in [0.2, 0.25) is 5.91 Å². The smallest absolute Gasteiger partial charge is 0.225 e. The molecule has 0 aromatic heterocycles. The van der Waals surface area contributed by atoms with E-state index >= 15 is 0 Å². The minimum absolute atomic E-state index is 0.0282. The molecule has 2 atom stereocenters. The monoisotopic (exact) mass is 310 g/mol. The molecule has 1 N–H and O–H groups in total. The van der Waals surface area contributed by atoms with Gasteiger partial charge in [0.1, 0.15) is 0 Å². The molecule has 2 aromatic carbocycles. The maximum Gasteiger partial charge on any atom is 0.225 e. The van der Waals surface area contributed by atoms with Crippen molar-refractivity contribution in [3.05, 3.63) is 71.8 Å². The van der Waals surface area contributed by atoms with Gasteiger partial charge in [0.25, 0.3) is 0 Å². The maximum absolute atomic E-state index is 12.6. The predicted octanol–water partition coefficient (Wildman–Crippen LogP) is 3.80. The lowest BCUT2D eigenvalue weighted by atomic mass is 9.91. The number of rotatable bonds is 6. The van der Waals surface area contributed by atoms with Gasteiger partial charge < -0.3 is 10.2 Å². The fraction of sp³-hybridized carbons (Fsp3) is 0.350. The van der Waals surface area contributed by atoms with E-state index in [2.05, 4.69) is 29.6 Å². The fourth-order valence-corrected chi connectivity index (χ4v) is 3.00. The molecule has 0 unspecified atom stereocenters. The van der Waals surface area contributed by atoms with Crippen LogP contribution in [0.4, 0.5) is 0 Å². The summed E-state index contributed by atoms with van der Waals surface area (Å²) in [6.45, 7) is 3.88. The molecule has 0 aliphatic rings. The fourth-order valence-electron chi connectivity index (χ4n) is 3.00. The van der Waals surface area contributed by atoms with Crippen molar-refractivity contribution in [1.82, 2.24) is 10.2 Å². The molecule has 0 fully saturated rings. The van der Waals surface area contributed by atoms with Gasteiger partial charge in [-0.2, -0.15) is 0 Å². The normalized spacial score (nSPS) is 13.6. The highest BCUT2D eigenvalue weighted by molar-refractivity contribution is 5.78. The van der Waals surface area contributed by atoms with Crippen LogP contribution in [0.25, 0.3) is 0 Å². The maximum atomic E-state index is 12.6. The van der Waals surface area contributed by atoms with Crippen LogP contribution in [0.5, 0.6) is 0 Å². The molecule has 0 aliphatic carbocycles. The van der Waals surface area contributed by atoms with Crippen LogP contribution >= 0.6 is 0 Å². The van der Waals surface area contributed by atoms with E-state index < -0.39 is 0 Å². The minimum atomic E-state index is -0.0569. The Bertz CT molecular complexity index is 610. The molecule has 0 aliphatic heterocycles. The van der Waals surface area contributed by atoms with Crippen LogP contribution in [0.1, 0.15) is 37.1 Å². The molecular formula is C20H26N2O. The minimum Gasteiger partial charge on any atom is -0.337 e. The van der Waals surface area contributed by atoms with Gasteiger partial charge in [-0.05, 0) is 18.2 Å². The number of hydrogen-bond acceptors (Lipinski definition) is 2. The molecular weight excluding hydrogens is 284 g/mol. The van der Waals surface area contributed by atoms with Crippen LogP contribution in [0, 0.1) is 5.92 Å². The highest BCUT2D eigenvalue weighted by Gasteiger charge is 2.30. The summed E-state index contributed by atoms with van der Waals surface area (Å²) in [6, 6.07) is 20.5. The summed E-state index contributed by atoms with van der Waals surface area (Å²) in [5.74, 6) is 0.120. The summed E-state index contributed by atoms with van der Waals surface area (Å²) in [7, 11) is 3.84. The Morgan fingerprint density at radius 1 is 0.913 bits per heavy atom. The first-order valence-electron chi connectivity index (χ1n) is 8.10. The van der Waals surface area contributed by atoms with E-state index in [4.69, 9.17) is 0 Å². The van der Waals surface area contributed by atoms with Crippen LogP contribution < -0.4 is 5.32 Å². The zero-order valence-corrected chi connectivity index (χ0v) is 14.4. The summed E-state index contributed by atoms with van der Waals surface area (Å²) in [6.07, 6.45) is 0. The second-order valence-corrected chi connectivity index (χ2v) is 6.14. The van der Waals surface area contributed by atoms with Crippen molar-refractivity contribution in [3.63, 3.8) is 0 Å². The third-order valence-corrected chi connectivity index (χ3v) is 4.19. The lowest BCUT2D eigenvalue weighted by Gasteiger charge is -2.36. The van der Waals surface area contributed by atoms with Crippen molar-refractivity contribution < 1.29 is 4.79 Å². The van der Waals surface area contributed by atoms with Crippen LogP contribution in [0.3, 0.4) is 0 Å². The average Bonchev–Trinajstić information content (AvgIpc) is 2.59. The molecule has 0 radical (unpaired) electrons. The first-order chi connectivity index (χ1) is 11.1. The van der Waals surface area contributed by atoms with Crippen molar-refractivity contribution in [2.45, 2.75) is 25.9 Å². The van der Waals surface area contributed by atoms with E-state index in [1.807, 2.05) is 69.2 Å². The van der Waals surface area contributed by atoms with E-state index in [1.165, 1.54) is 5.56 Å². The van der Waals surface area contributed by atoms with Crippen molar-refractivity contribution in [2.75, 3.05) is 14.1 Å². The van der Waals surface area contributed by atoms with Crippen LogP contribution in [-0.4, -0.2) is 24.9 Å². The summed E-state index contributed by atoms with van der Waals surface area (Å²) < 4.78 is 0. The Hall–Kier alpha value is -2.13. The number of carbonyl (C=O) groups excluding carboxylic acids is 1. The van der Waals surface area contributed by atoms with E-state index in [-0.39, 0.29) is 23.9 Å². The molecule has 23 heavy (non-hydrogen) atoms. The van der Waals surface area contributed by atoms with Crippen LogP contribution in [0.15, 0.2) is 60.7 Å². The third kappa shape index (κ3) is 3.99. The van der Waals surface area contributed by atoms with E-state index in [0.717, 1.165) is 5.56 Å². The summed E-state index contributed by atoms with van der Waals surface area (Å²) in [5, 5.41) is 3.40. The number of benzene rings is 2. The Kier molecular flexibility index (Phi) is 5.94. The van der Waals surface area contributed by atoms with Gasteiger partial charge in [0, 0.05) is 13.0 Å². The van der Waals surface area contributed by atoms with Crippen LogP contribution in [-0.2, 0) is 4.79 Å². The Morgan fingerprint density at radius 2 is 1.39 bits per heavy atom. The zero-order valence-electron chi connectivity index (χ0n) is 14.4. The molecule has 0 bridgehead atoms. The second kappa shape index (κ2) is 7.93. The van der Waals surface area contributed by atoms with E-state index in [0.29, 0.717) is 0 Å². The van der Waals surface area contributed by atoms with Gasteiger partial charge in [-0.1, -0.05) is 74.5 Å². The van der Waals surface area contributed by atoms with Gasteiger partial charge in [-0.3, -0.25) is 4.79 Å². The zero-order chi connectivity index (χ0) is 16.8. The molecule has 3 heteroatoms. The average molecular weight is 310 g/mol. The molecule has 0 heterocycles. The molecule has 3 nitrogen and oxygen atoms in total. The number of carbonyl (C=O) groups is 1. The van der Waals surface area contributed by atoms with Crippen LogP contribution in [0.2, 0.25) is 0 Å². The predicted molar refractivity (Wildman–Crippen MR) is 95.0 cm³/mol. The Labute approximate surface area is 139 Å². The van der Waals surface area contributed by atoms with Crippen molar-refractivity contribution >= 4 is 5.91 Å². The first kappa shape index (κ1) is 17.2. The first-order valence-corrected chi connectivity index (χ1v) is 8.10. The Balaban J connectivity index is 2.46. The van der Waals surface area contributed by atoms with Gasteiger partial charge in [0.15, 0.2) is 0 Å². The standard InChI is InChI=1S/C20H26N2O/c1-15(2)20(23)22(4)19(17-13-9-6-10-14-17)18(21-3)16-11-7-5-8-12-16/h5-15,18-19,21H,1-4H3/t18-,19-/m1/s1. The number of nitrogens with one attached hydrogen (secondary N) is 1. The molecule has 0 spiro atoms. The molecule has 2 rings (SSSR count). The Morgan fingerprint density at radius 3 is 1.83 bits per heavy atom. The van der Waals surface area contributed by atoms with Crippen molar-refractivity contribution in [1.29, 1.82) is 0 Å². The molecule has 0 saturated carbocycles. The number of nitrogens with zero attached hydrogens (tertiary/aromatic N) is 1. The molecule has 2 aromatic rings. The highest BCUT2D eigenvalue weighted by Crippen LogP contribution is 2.33. The van der Waals surface area contributed by atoms with E-state index in [1.54, 1.807) is 0 Å². The van der Waals surface area contributed by atoms with Gasteiger partial charge in [-0.25, -0.2) is 0 Å². The lowest BCUT2D eigenvalue weighted by molar-refractivity contribution is -0.136. The van der Waals surface area contributed by atoms with Gasteiger partial charge in [0.05, 0.1) is 12.1 Å². The van der Waals surface area contributed by atoms with E-state index in [9.17, 15) is 4.79 Å². The number of likely N-dealkylation sites (N-methyl/N-ethyl adjacent to an activating group) is 2. The van der Waals surface area contributed by atoms with Gasteiger partial charge >= 0.3 is 0 Å². The SMILES string of the molecule is CN[C@H](c1ccccc1)[C@@H](c1ccccc1)N(C)C(=O)C(C)C. The summed E-state index contributed by atoms with van der Waals surface area (Å²) >= 11 is 0. The lowest BCUT2D eigenvalue weighted by Crippen LogP contribution is -2.40. The number of amides is 1. The third-order valence-electron chi connectivity index (χ3n) is 4.19. The van der Waals surface area contributed by atoms with Crippen molar-refractivity contribution in [3.8, 4) is 0 Å². The molecule has 0 saturated heterocycles. The topological polar surface area (TPSA) is 32.3 Å². The largest absolute Gasteiger partial charge is 0.337 e.